The van der Waals surface area contributed by atoms with Gasteiger partial charge in [0.25, 0.3) is 0 Å². The summed E-state index contributed by atoms with van der Waals surface area (Å²) in [6.07, 6.45) is 2.40. The highest BCUT2D eigenvalue weighted by Crippen LogP contribution is 2.18. The van der Waals surface area contributed by atoms with Crippen LogP contribution in [0, 0.1) is 0 Å². The summed E-state index contributed by atoms with van der Waals surface area (Å²) in [6, 6.07) is 9.08. The predicted molar refractivity (Wildman–Crippen MR) is 77.6 cm³/mol. The Morgan fingerprint density at radius 2 is 2.05 bits per heavy atom. The maximum atomic E-state index is 11.4. The monoisotopic (exact) mass is 298 g/mol. The molecule has 0 aliphatic carbocycles. The zero-order valence-corrected chi connectivity index (χ0v) is 12.2. The molecule has 0 aliphatic heterocycles. The largest absolute Gasteiger partial charge is 0.464 e. The number of carbonyl (C=O) groups is 1. The maximum absolute atomic E-state index is 11.4. The van der Waals surface area contributed by atoms with E-state index in [1.54, 1.807) is 16.9 Å². The van der Waals surface area contributed by atoms with Crippen LogP contribution in [0.3, 0.4) is 0 Å². The van der Waals surface area contributed by atoms with Crippen LogP contribution in [0.4, 0.5) is 0 Å². The van der Waals surface area contributed by atoms with E-state index < -0.39 is 5.97 Å². The molecule has 2 heterocycles. The Morgan fingerprint density at radius 1 is 1.27 bits per heavy atom. The van der Waals surface area contributed by atoms with Crippen molar-refractivity contribution < 1.29 is 14.1 Å². The lowest BCUT2D eigenvalue weighted by atomic mass is 10.2. The number of hydrogen-bond acceptors (Lipinski definition) is 6. The predicted octanol–water partition coefficient (Wildman–Crippen LogP) is 2.27. The molecule has 3 rings (SSSR count). The highest BCUT2D eigenvalue weighted by atomic mass is 16.5. The summed E-state index contributed by atoms with van der Waals surface area (Å²) >= 11 is 0. The maximum Gasteiger partial charge on any atom is 0.358 e. The number of rotatable bonds is 4. The van der Waals surface area contributed by atoms with Crippen LogP contribution in [0.5, 0.6) is 0 Å². The van der Waals surface area contributed by atoms with Gasteiger partial charge in [-0.15, -0.1) is 0 Å². The third-order valence-corrected chi connectivity index (χ3v) is 3.14. The molecule has 0 atom stereocenters. The third kappa shape index (κ3) is 2.60. The second kappa shape index (κ2) is 5.80. The Bertz CT molecular complexity index is 789. The zero-order chi connectivity index (χ0) is 15.5. The van der Waals surface area contributed by atoms with Gasteiger partial charge in [-0.3, -0.25) is 0 Å². The second-order valence-electron chi connectivity index (χ2n) is 4.55. The fourth-order valence-electron chi connectivity index (χ4n) is 1.96. The van der Waals surface area contributed by atoms with Gasteiger partial charge in [-0.05, 0) is 30.3 Å². The Labute approximate surface area is 126 Å². The zero-order valence-electron chi connectivity index (χ0n) is 12.2. The van der Waals surface area contributed by atoms with Crippen LogP contribution in [0.15, 0.2) is 41.1 Å². The molecule has 3 aromatic rings. The summed E-state index contributed by atoms with van der Waals surface area (Å²) in [4.78, 5) is 15.7. The molecule has 0 spiro atoms. The van der Waals surface area contributed by atoms with Gasteiger partial charge in [0, 0.05) is 18.2 Å². The quantitative estimate of drug-likeness (QED) is 0.687. The highest BCUT2D eigenvalue weighted by Gasteiger charge is 2.11. The summed E-state index contributed by atoms with van der Waals surface area (Å²) in [5.74, 6) is 0.697. The molecular formula is C15H14N4O3. The first-order valence-corrected chi connectivity index (χ1v) is 6.78. The lowest BCUT2D eigenvalue weighted by Gasteiger charge is -2.02. The van der Waals surface area contributed by atoms with E-state index in [4.69, 9.17) is 4.52 Å². The van der Waals surface area contributed by atoms with Crippen molar-refractivity contribution in [3.05, 3.63) is 48.1 Å². The number of nitrogens with zero attached hydrogens (tertiary/aromatic N) is 4. The number of methoxy groups -OCH3 is 1. The molecule has 7 nitrogen and oxygen atoms in total. The van der Waals surface area contributed by atoms with Gasteiger partial charge in [0.05, 0.1) is 12.8 Å². The van der Waals surface area contributed by atoms with Gasteiger partial charge in [-0.1, -0.05) is 12.1 Å². The molecule has 0 bridgehead atoms. The van der Waals surface area contributed by atoms with Crippen molar-refractivity contribution >= 4 is 5.97 Å². The number of carbonyl (C=O) groups excluding carboxylic acids is 1. The number of benzene rings is 1. The van der Waals surface area contributed by atoms with Gasteiger partial charge < -0.3 is 9.26 Å². The Morgan fingerprint density at radius 3 is 2.68 bits per heavy atom. The first kappa shape index (κ1) is 14.0. The summed E-state index contributed by atoms with van der Waals surface area (Å²) in [7, 11) is 1.33. The Hall–Kier alpha value is -2.96. The van der Waals surface area contributed by atoms with Crippen molar-refractivity contribution in [3.63, 3.8) is 0 Å². The van der Waals surface area contributed by atoms with E-state index in [9.17, 15) is 4.79 Å². The van der Waals surface area contributed by atoms with Crippen molar-refractivity contribution in [1.29, 1.82) is 0 Å². The molecule has 2 aromatic heterocycles. The minimum atomic E-state index is -0.464. The molecule has 0 radical (unpaired) electrons. The third-order valence-electron chi connectivity index (χ3n) is 3.14. The fraction of sp³-hybridized carbons (Fsp3) is 0.200. The number of aryl methyl sites for hydroxylation is 1. The average molecular weight is 298 g/mol. The van der Waals surface area contributed by atoms with Crippen LogP contribution in [-0.4, -0.2) is 33.0 Å². The van der Waals surface area contributed by atoms with Gasteiger partial charge in [-0.2, -0.15) is 10.1 Å². The first-order chi connectivity index (χ1) is 10.7. The SMILES string of the molecule is CCc1nc(-c2ccc(-n3ccc(C(=O)OC)n3)cc2)no1. The normalized spacial score (nSPS) is 10.6. The topological polar surface area (TPSA) is 83.0 Å². The fourth-order valence-corrected chi connectivity index (χ4v) is 1.96. The minimum absolute atomic E-state index is 0.261. The Kier molecular flexibility index (Phi) is 3.69. The summed E-state index contributed by atoms with van der Waals surface area (Å²) in [6.45, 7) is 1.96. The van der Waals surface area contributed by atoms with Crippen molar-refractivity contribution in [3.8, 4) is 17.1 Å². The molecule has 0 amide bonds. The van der Waals surface area contributed by atoms with E-state index >= 15 is 0 Å². The Balaban J connectivity index is 1.84. The van der Waals surface area contributed by atoms with Gasteiger partial charge in [0.2, 0.25) is 11.7 Å². The average Bonchev–Trinajstić information content (AvgIpc) is 3.23. The van der Waals surface area contributed by atoms with Crippen molar-refractivity contribution in [2.45, 2.75) is 13.3 Å². The summed E-state index contributed by atoms with van der Waals surface area (Å²) in [5.41, 5.74) is 1.93. The first-order valence-electron chi connectivity index (χ1n) is 6.78. The molecule has 0 saturated carbocycles. The molecule has 22 heavy (non-hydrogen) atoms. The van der Waals surface area contributed by atoms with Crippen molar-refractivity contribution in [1.82, 2.24) is 19.9 Å². The van der Waals surface area contributed by atoms with E-state index in [0.717, 1.165) is 11.3 Å². The second-order valence-corrected chi connectivity index (χ2v) is 4.55. The molecule has 1 aromatic carbocycles. The summed E-state index contributed by atoms with van der Waals surface area (Å²) < 4.78 is 11.3. The van der Waals surface area contributed by atoms with Crippen LogP contribution < -0.4 is 0 Å². The summed E-state index contributed by atoms with van der Waals surface area (Å²) in [5, 5.41) is 8.09. The minimum Gasteiger partial charge on any atom is -0.464 e. The van der Waals surface area contributed by atoms with E-state index in [0.29, 0.717) is 18.1 Å². The lowest BCUT2D eigenvalue weighted by Crippen LogP contribution is -2.03. The van der Waals surface area contributed by atoms with Crippen LogP contribution in [0.2, 0.25) is 0 Å². The smallest absolute Gasteiger partial charge is 0.358 e. The number of esters is 1. The number of aromatic nitrogens is 4. The molecule has 7 heteroatoms. The van der Waals surface area contributed by atoms with Crippen LogP contribution in [0.1, 0.15) is 23.3 Å². The van der Waals surface area contributed by atoms with Gasteiger partial charge in [0.15, 0.2) is 5.69 Å². The lowest BCUT2D eigenvalue weighted by molar-refractivity contribution is 0.0593. The number of hydrogen-bond donors (Lipinski definition) is 0. The molecule has 0 fully saturated rings. The molecule has 0 saturated heterocycles. The van der Waals surface area contributed by atoms with Crippen molar-refractivity contribution in [2.75, 3.05) is 7.11 Å². The van der Waals surface area contributed by atoms with E-state index in [1.165, 1.54) is 7.11 Å². The van der Waals surface area contributed by atoms with Crippen LogP contribution in [0.25, 0.3) is 17.1 Å². The van der Waals surface area contributed by atoms with E-state index in [2.05, 4.69) is 20.0 Å². The van der Waals surface area contributed by atoms with Gasteiger partial charge >= 0.3 is 5.97 Å². The molecule has 112 valence electrons. The standard InChI is InChI=1S/C15H14N4O3/c1-3-13-16-14(18-22-13)10-4-6-11(7-5-10)19-9-8-12(17-19)15(20)21-2/h4-9H,3H2,1-2H3. The van der Waals surface area contributed by atoms with Crippen LogP contribution in [-0.2, 0) is 11.2 Å². The van der Waals surface area contributed by atoms with E-state index in [1.807, 2.05) is 31.2 Å². The van der Waals surface area contributed by atoms with E-state index in [-0.39, 0.29) is 5.69 Å². The van der Waals surface area contributed by atoms with Crippen LogP contribution >= 0.6 is 0 Å². The number of ether oxygens (including phenoxy) is 1. The molecule has 0 unspecified atom stereocenters. The molecule has 0 N–H and O–H groups in total. The van der Waals surface area contributed by atoms with Gasteiger partial charge in [0.1, 0.15) is 0 Å². The molecule has 0 aliphatic rings. The van der Waals surface area contributed by atoms with Gasteiger partial charge in [-0.25, -0.2) is 9.48 Å². The van der Waals surface area contributed by atoms with Crippen molar-refractivity contribution in [2.24, 2.45) is 0 Å². The molecular weight excluding hydrogens is 284 g/mol. The highest BCUT2D eigenvalue weighted by molar-refractivity contribution is 5.86.